The Kier molecular flexibility index (Phi) is 6.65. The first-order valence-corrected chi connectivity index (χ1v) is 12.7. The van der Waals surface area contributed by atoms with Crippen LogP contribution in [0.2, 0.25) is 0 Å². The molecule has 2 aromatic carbocycles. The van der Waals surface area contributed by atoms with Crippen LogP contribution < -0.4 is 20.8 Å². The maximum absolute atomic E-state index is 15.1. The number of aromatic nitrogens is 3. The van der Waals surface area contributed by atoms with E-state index in [9.17, 15) is 14.0 Å². The van der Waals surface area contributed by atoms with Gasteiger partial charge < -0.3 is 20.4 Å². The van der Waals surface area contributed by atoms with Gasteiger partial charge in [0.25, 0.3) is 0 Å². The first-order valence-electron chi connectivity index (χ1n) is 12.7. The number of hydrogen-bond donors (Lipinski definition) is 3. The molecular weight excluding hydrogens is 516 g/mol. The molecule has 1 aliphatic carbocycles. The van der Waals surface area contributed by atoms with Crippen LogP contribution in [0.3, 0.4) is 0 Å². The molecule has 3 heterocycles. The van der Waals surface area contributed by atoms with E-state index in [0.717, 1.165) is 19.3 Å². The average Bonchev–Trinajstić information content (AvgIpc) is 2.90. The van der Waals surface area contributed by atoms with Gasteiger partial charge in [0.2, 0.25) is 11.3 Å². The summed E-state index contributed by atoms with van der Waals surface area (Å²) in [6.07, 6.45) is 7.34. The molecular formula is C30H23F2N5O3. The zero-order chi connectivity index (χ0) is 27.6. The van der Waals surface area contributed by atoms with E-state index in [4.69, 9.17) is 4.74 Å². The SMILES string of the molecule is O=C(Nc1cc(Oc2ccc(Nc3nccc4[nH]cc(-c5ccc(F)cc5)c(=O)c34)cc2F)ccn1)C1CCC1. The van der Waals surface area contributed by atoms with Gasteiger partial charge in [-0.15, -0.1) is 0 Å². The average molecular weight is 540 g/mol. The van der Waals surface area contributed by atoms with Crippen LogP contribution in [0.25, 0.3) is 22.0 Å². The molecule has 200 valence electrons. The molecule has 1 aliphatic rings. The van der Waals surface area contributed by atoms with E-state index in [-0.39, 0.29) is 34.2 Å². The summed E-state index contributed by atoms with van der Waals surface area (Å²) >= 11 is 0. The summed E-state index contributed by atoms with van der Waals surface area (Å²) in [6, 6.07) is 14.6. The van der Waals surface area contributed by atoms with E-state index >= 15 is 4.39 Å². The molecule has 0 unspecified atom stereocenters. The molecule has 5 aromatic rings. The number of carbonyl (C=O) groups excluding carboxylic acids is 1. The lowest BCUT2D eigenvalue weighted by molar-refractivity contribution is -0.122. The predicted molar refractivity (Wildman–Crippen MR) is 148 cm³/mol. The summed E-state index contributed by atoms with van der Waals surface area (Å²) < 4.78 is 34.1. The zero-order valence-electron chi connectivity index (χ0n) is 21.1. The fourth-order valence-electron chi connectivity index (χ4n) is 4.47. The lowest BCUT2D eigenvalue weighted by atomic mass is 9.85. The smallest absolute Gasteiger partial charge is 0.228 e. The van der Waals surface area contributed by atoms with Crippen molar-refractivity contribution in [1.82, 2.24) is 15.0 Å². The van der Waals surface area contributed by atoms with E-state index in [0.29, 0.717) is 33.9 Å². The molecule has 40 heavy (non-hydrogen) atoms. The summed E-state index contributed by atoms with van der Waals surface area (Å²) in [5, 5.41) is 6.06. The van der Waals surface area contributed by atoms with Crippen molar-refractivity contribution in [3.63, 3.8) is 0 Å². The predicted octanol–water partition coefficient (Wildman–Crippen LogP) is 6.54. The number of halogens is 2. The van der Waals surface area contributed by atoms with E-state index < -0.39 is 11.6 Å². The van der Waals surface area contributed by atoms with Gasteiger partial charge in [-0.25, -0.2) is 18.7 Å². The van der Waals surface area contributed by atoms with Crippen molar-refractivity contribution >= 4 is 34.1 Å². The first-order chi connectivity index (χ1) is 19.4. The second kappa shape index (κ2) is 10.6. The lowest BCUT2D eigenvalue weighted by Crippen LogP contribution is -2.28. The highest BCUT2D eigenvalue weighted by molar-refractivity contribution is 5.93. The highest BCUT2D eigenvalue weighted by Gasteiger charge is 2.25. The molecule has 1 fully saturated rings. The van der Waals surface area contributed by atoms with Crippen LogP contribution in [-0.4, -0.2) is 20.9 Å². The minimum atomic E-state index is -0.650. The maximum atomic E-state index is 15.1. The Morgan fingerprint density at radius 1 is 0.975 bits per heavy atom. The number of aromatic amines is 1. The van der Waals surface area contributed by atoms with Gasteiger partial charge in [-0.3, -0.25) is 9.59 Å². The van der Waals surface area contributed by atoms with Crippen LogP contribution in [0.15, 0.2) is 84.0 Å². The summed E-state index contributed by atoms with van der Waals surface area (Å²) in [5.41, 5.74) is 1.47. The largest absolute Gasteiger partial charge is 0.454 e. The van der Waals surface area contributed by atoms with Crippen LogP contribution in [0.1, 0.15) is 19.3 Å². The molecule has 0 saturated heterocycles. The Morgan fingerprint density at radius 2 is 1.77 bits per heavy atom. The molecule has 0 aliphatic heterocycles. The monoisotopic (exact) mass is 539 g/mol. The van der Waals surface area contributed by atoms with Gasteiger partial charge in [-0.2, -0.15) is 0 Å². The lowest BCUT2D eigenvalue weighted by Gasteiger charge is -2.23. The van der Waals surface area contributed by atoms with Crippen LogP contribution in [0.5, 0.6) is 11.5 Å². The second-order valence-corrected chi connectivity index (χ2v) is 9.49. The molecule has 0 bridgehead atoms. The normalized spacial score (nSPS) is 13.1. The van der Waals surface area contributed by atoms with Gasteiger partial charge in [-0.05, 0) is 54.8 Å². The molecule has 3 N–H and O–H groups in total. The van der Waals surface area contributed by atoms with E-state index in [1.165, 1.54) is 54.9 Å². The molecule has 10 heteroatoms. The highest BCUT2D eigenvalue weighted by atomic mass is 19.1. The van der Waals surface area contributed by atoms with Crippen molar-refractivity contribution in [2.24, 2.45) is 5.92 Å². The van der Waals surface area contributed by atoms with Crippen LogP contribution in [0, 0.1) is 17.6 Å². The summed E-state index contributed by atoms with van der Waals surface area (Å²) in [5.74, 6) is -0.280. The minimum Gasteiger partial charge on any atom is -0.454 e. The molecule has 1 amide bonds. The molecule has 3 aromatic heterocycles. The Labute approximate surface area is 227 Å². The number of ether oxygens (including phenoxy) is 1. The molecule has 0 radical (unpaired) electrons. The number of benzene rings is 2. The summed E-state index contributed by atoms with van der Waals surface area (Å²) in [6.45, 7) is 0. The van der Waals surface area contributed by atoms with Crippen molar-refractivity contribution in [1.29, 1.82) is 0 Å². The van der Waals surface area contributed by atoms with Crippen LogP contribution >= 0.6 is 0 Å². The Bertz CT molecular complexity index is 1790. The quantitative estimate of drug-likeness (QED) is 0.217. The first kappa shape index (κ1) is 25.2. The summed E-state index contributed by atoms with van der Waals surface area (Å²) in [4.78, 5) is 37.1. The number of anilines is 3. The molecule has 0 atom stereocenters. The molecule has 8 nitrogen and oxygen atoms in total. The Morgan fingerprint density at radius 3 is 2.52 bits per heavy atom. The standard InChI is InChI=1S/C30H23F2N5O3/c31-19-6-4-17(5-7-19)22-16-35-24-11-13-34-29(27(24)28(22)38)36-20-8-9-25(23(32)14-20)40-21-10-12-33-26(15-21)37-30(39)18-2-1-3-18/h4-16,18H,1-3H2,(H,34,36)(H,35,38)(H,33,37,39). The number of amides is 1. The van der Waals surface area contributed by atoms with Gasteiger partial charge in [0.15, 0.2) is 11.6 Å². The molecule has 6 rings (SSSR count). The number of H-pyrrole nitrogens is 1. The Hall–Kier alpha value is -5.12. The van der Waals surface area contributed by atoms with Crippen molar-refractivity contribution in [2.45, 2.75) is 19.3 Å². The van der Waals surface area contributed by atoms with E-state index in [1.54, 1.807) is 24.4 Å². The maximum Gasteiger partial charge on any atom is 0.228 e. The fraction of sp³-hybridized carbons (Fsp3) is 0.133. The molecule has 0 spiro atoms. The number of pyridine rings is 3. The van der Waals surface area contributed by atoms with Crippen molar-refractivity contribution in [2.75, 3.05) is 10.6 Å². The van der Waals surface area contributed by atoms with Gasteiger partial charge in [0.05, 0.1) is 10.9 Å². The zero-order valence-corrected chi connectivity index (χ0v) is 21.1. The fourth-order valence-corrected chi connectivity index (χ4v) is 4.47. The topological polar surface area (TPSA) is 109 Å². The Balaban J connectivity index is 1.23. The summed E-state index contributed by atoms with van der Waals surface area (Å²) in [7, 11) is 0. The van der Waals surface area contributed by atoms with Gasteiger partial charge >= 0.3 is 0 Å². The van der Waals surface area contributed by atoms with Crippen LogP contribution in [-0.2, 0) is 4.79 Å². The number of nitrogens with zero attached hydrogens (tertiary/aromatic N) is 2. The number of carbonyl (C=O) groups is 1. The number of rotatable bonds is 7. The second-order valence-electron chi connectivity index (χ2n) is 9.49. The number of hydrogen-bond acceptors (Lipinski definition) is 6. The third-order valence-electron chi connectivity index (χ3n) is 6.83. The van der Waals surface area contributed by atoms with Crippen molar-refractivity contribution in [3.8, 4) is 22.6 Å². The van der Waals surface area contributed by atoms with E-state index in [1.807, 2.05) is 0 Å². The highest BCUT2D eigenvalue weighted by Crippen LogP contribution is 2.31. The number of nitrogens with one attached hydrogen (secondary N) is 3. The van der Waals surface area contributed by atoms with Gasteiger partial charge in [0, 0.05) is 47.9 Å². The molecule has 1 saturated carbocycles. The minimum absolute atomic E-state index is 0.00479. The van der Waals surface area contributed by atoms with Crippen molar-refractivity contribution in [3.05, 3.63) is 101 Å². The van der Waals surface area contributed by atoms with E-state index in [2.05, 4.69) is 25.6 Å². The van der Waals surface area contributed by atoms with Crippen LogP contribution in [0.4, 0.5) is 26.1 Å². The van der Waals surface area contributed by atoms with Crippen molar-refractivity contribution < 1.29 is 18.3 Å². The van der Waals surface area contributed by atoms with Gasteiger partial charge in [-0.1, -0.05) is 18.6 Å². The van der Waals surface area contributed by atoms with Gasteiger partial charge in [0.1, 0.15) is 23.2 Å². The number of fused-ring (bicyclic) bond motifs is 1. The third-order valence-corrected chi connectivity index (χ3v) is 6.83. The third kappa shape index (κ3) is 5.11.